The van der Waals surface area contributed by atoms with Gasteiger partial charge in [-0.1, -0.05) is 47.7 Å². The molecule has 0 saturated carbocycles. The number of rotatable bonds is 10. The highest BCUT2D eigenvalue weighted by atomic mass is 32.2. The van der Waals surface area contributed by atoms with E-state index in [-0.39, 0.29) is 17.3 Å². The first kappa shape index (κ1) is 29.9. The van der Waals surface area contributed by atoms with Crippen LogP contribution in [0.4, 0.5) is 0 Å². The Labute approximate surface area is 237 Å². The third-order valence-corrected chi connectivity index (χ3v) is 7.67. The Morgan fingerprint density at radius 3 is 1.90 bits per heavy atom. The number of thioether (sulfide) groups is 1. The molecule has 5 nitrogen and oxygen atoms in total. The van der Waals surface area contributed by atoms with Crippen LogP contribution in [0.3, 0.4) is 0 Å². The molecule has 3 aromatic rings. The predicted octanol–water partition coefficient (Wildman–Crippen LogP) is 8.08. The monoisotopic (exact) mass is 557 g/mol. The van der Waals surface area contributed by atoms with Crippen LogP contribution in [0.1, 0.15) is 52.5 Å². The molecule has 0 fully saturated rings. The van der Waals surface area contributed by atoms with Crippen molar-refractivity contribution in [2.45, 2.75) is 47.8 Å². The van der Waals surface area contributed by atoms with Gasteiger partial charge in [0.15, 0.2) is 5.78 Å². The first-order valence-corrected chi connectivity index (χ1v) is 14.3. The summed E-state index contributed by atoms with van der Waals surface area (Å²) in [6, 6.07) is 23.3. The number of carbonyl (C=O) groups is 3. The number of hydrogen-bond donors (Lipinski definition) is 2. The van der Waals surface area contributed by atoms with Gasteiger partial charge in [0.25, 0.3) is 5.97 Å². The smallest absolute Gasteiger partial charge is 0.300 e. The number of carboxylic acid groups (broad SMARTS) is 1. The predicted molar refractivity (Wildman–Crippen MR) is 160 cm³/mol. The number of aryl methyl sites for hydroxylation is 1. The normalized spacial score (nSPS) is 12.1. The van der Waals surface area contributed by atoms with Crippen LogP contribution in [-0.4, -0.2) is 34.1 Å². The molecule has 200 valence electrons. The highest BCUT2D eigenvalue weighted by molar-refractivity contribution is 7.99. The topological polar surface area (TPSA) is 95.3 Å². The zero-order chi connectivity index (χ0) is 28.2. The van der Waals surface area contributed by atoms with Gasteiger partial charge in [-0.15, -0.1) is 11.8 Å². The maximum atomic E-state index is 12.7. The van der Waals surface area contributed by atoms with Crippen LogP contribution in [0, 0.1) is 12.3 Å². The maximum Gasteiger partial charge on any atom is 0.300 e. The van der Waals surface area contributed by atoms with Crippen molar-refractivity contribution < 1.29 is 19.5 Å². The second-order valence-electron chi connectivity index (χ2n) is 8.86. The SMILES string of the molecule is CC(=O)O.Cc1ccc(SCCC(=N)C(=O)c2ccc(Sc3ccc(C(=O)C4=CCCC=C4)cc3)cc2)cc1. The van der Waals surface area contributed by atoms with Gasteiger partial charge in [0.2, 0.25) is 5.78 Å². The minimum atomic E-state index is -0.833. The van der Waals surface area contributed by atoms with Gasteiger partial charge in [-0.3, -0.25) is 14.4 Å². The van der Waals surface area contributed by atoms with Crippen LogP contribution in [0.5, 0.6) is 0 Å². The number of carbonyl (C=O) groups excluding carboxylic acids is 2. The Kier molecular flexibility index (Phi) is 11.5. The van der Waals surface area contributed by atoms with Crippen molar-refractivity contribution in [3.05, 3.63) is 113 Å². The Morgan fingerprint density at radius 2 is 1.36 bits per heavy atom. The van der Waals surface area contributed by atoms with E-state index >= 15 is 0 Å². The van der Waals surface area contributed by atoms with Crippen molar-refractivity contribution in [3.63, 3.8) is 0 Å². The van der Waals surface area contributed by atoms with Crippen molar-refractivity contribution in [3.8, 4) is 0 Å². The standard InChI is InChI=1S/C30H27NO2S2.C2H4O2/c1-21-7-13-25(14-8-21)34-20-19-28(31)30(33)24-11-17-27(18-12-24)35-26-15-9-23(10-16-26)29(32)22-5-3-2-4-6-22;1-2(3)4/h3,5-18,31H,2,4,19-20H2,1H3;1H3,(H,3,4). The number of aliphatic carboxylic acids is 1. The van der Waals surface area contributed by atoms with Gasteiger partial charge in [-0.05, 0) is 80.4 Å². The number of benzene rings is 3. The Morgan fingerprint density at radius 1 is 0.821 bits per heavy atom. The van der Waals surface area contributed by atoms with Crippen molar-refractivity contribution in [1.82, 2.24) is 0 Å². The molecule has 0 atom stereocenters. The van der Waals surface area contributed by atoms with Crippen LogP contribution >= 0.6 is 23.5 Å². The molecule has 0 saturated heterocycles. The van der Waals surface area contributed by atoms with E-state index in [0.717, 1.165) is 40.0 Å². The molecule has 0 bridgehead atoms. The molecule has 0 aliphatic heterocycles. The highest BCUT2D eigenvalue weighted by Gasteiger charge is 2.14. The fourth-order valence-electron chi connectivity index (χ4n) is 3.63. The maximum absolute atomic E-state index is 12.7. The molecule has 0 amide bonds. The molecule has 0 radical (unpaired) electrons. The first-order valence-electron chi connectivity index (χ1n) is 12.5. The van der Waals surface area contributed by atoms with Gasteiger partial charge >= 0.3 is 0 Å². The molecular formula is C32H31NO4S2. The molecule has 4 rings (SSSR count). The second-order valence-corrected chi connectivity index (χ2v) is 11.2. The Hall–Kier alpha value is -3.68. The van der Waals surface area contributed by atoms with Crippen LogP contribution in [0.25, 0.3) is 0 Å². The highest BCUT2D eigenvalue weighted by Crippen LogP contribution is 2.29. The third-order valence-electron chi connectivity index (χ3n) is 5.64. The van der Waals surface area contributed by atoms with E-state index in [4.69, 9.17) is 15.3 Å². The van der Waals surface area contributed by atoms with Crippen LogP contribution in [0.15, 0.2) is 111 Å². The number of ketones is 2. The van der Waals surface area contributed by atoms with Crippen molar-refractivity contribution in [2.24, 2.45) is 0 Å². The number of nitrogens with one attached hydrogen (secondary N) is 1. The molecule has 0 unspecified atom stereocenters. The average Bonchev–Trinajstić information content (AvgIpc) is 2.94. The molecular weight excluding hydrogens is 526 g/mol. The zero-order valence-corrected chi connectivity index (χ0v) is 23.6. The summed E-state index contributed by atoms with van der Waals surface area (Å²) in [7, 11) is 0. The van der Waals surface area contributed by atoms with Crippen molar-refractivity contribution in [1.29, 1.82) is 5.41 Å². The fourth-order valence-corrected chi connectivity index (χ4v) is 5.31. The van der Waals surface area contributed by atoms with E-state index in [9.17, 15) is 9.59 Å². The van der Waals surface area contributed by atoms with E-state index < -0.39 is 5.97 Å². The van der Waals surface area contributed by atoms with Gasteiger partial charge in [-0.2, -0.15) is 0 Å². The summed E-state index contributed by atoms with van der Waals surface area (Å²) in [4.78, 5) is 37.4. The van der Waals surface area contributed by atoms with E-state index in [2.05, 4.69) is 31.2 Å². The molecule has 1 aliphatic carbocycles. The van der Waals surface area contributed by atoms with E-state index in [1.54, 1.807) is 35.7 Å². The average molecular weight is 558 g/mol. The molecule has 0 spiro atoms. The number of Topliss-reactive ketones (excluding diaryl/α,β-unsaturated/α-hetero) is 2. The van der Waals surface area contributed by atoms with Crippen molar-refractivity contribution >= 4 is 46.8 Å². The summed E-state index contributed by atoms with van der Waals surface area (Å²) >= 11 is 3.24. The minimum absolute atomic E-state index is 0.0556. The molecule has 0 heterocycles. The fraction of sp³-hybridized carbons (Fsp3) is 0.188. The number of hydrogen-bond acceptors (Lipinski definition) is 6. The van der Waals surface area contributed by atoms with E-state index in [1.807, 2.05) is 54.6 Å². The zero-order valence-electron chi connectivity index (χ0n) is 22.0. The van der Waals surface area contributed by atoms with Crippen LogP contribution < -0.4 is 0 Å². The van der Waals surface area contributed by atoms with Crippen LogP contribution in [-0.2, 0) is 4.79 Å². The summed E-state index contributed by atoms with van der Waals surface area (Å²) in [6.45, 7) is 3.14. The number of carboxylic acids is 1. The lowest BCUT2D eigenvalue weighted by Crippen LogP contribution is -2.13. The third kappa shape index (κ3) is 9.85. The molecule has 1 aliphatic rings. The Balaban J connectivity index is 0.000000983. The quantitative estimate of drug-likeness (QED) is 0.149. The van der Waals surface area contributed by atoms with E-state index in [1.165, 1.54) is 5.56 Å². The summed E-state index contributed by atoms with van der Waals surface area (Å²) in [5.74, 6) is -0.298. The molecule has 2 N–H and O–H groups in total. The Bertz CT molecular complexity index is 1370. The second kappa shape index (κ2) is 15.0. The van der Waals surface area contributed by atoms with E-state index in [0.29, 0.717) is 23.3 Å². The van der Waals surface area contributed by atoms with Crippen molar-refractivity contribution in [2.75, 3.05) is 5.75 Å². The van der Waals surface area contributed by atoms with Gasteiger partial charge in [0.1, 0.15) is 0 Å². The largest absolute Gasteiger partial charge is 0.481 e. The summed E-state index contributed by atoms with van der Waals surface area (Å²) in [6.07, 6.45) is 8.28. The summed E-state index contributed by atoms with van der Waals surface area (Å²) in [5, 5.41) is 15.6. The lowest BCUT2D eigenvalue weighted by atomic mass is 9.98. The minimum Gasteiger partial charge on any atom is -0.481 e. The molecule has 0 aromatic heterocycles. The number of allylic oxidation sites excluding steroid dienone is 4. The van der Waals surface area contributed by atoms with Gasteiger partial charge in [0, 0.05) is 50.5 Å². The van der Waals surface area contributed by atoms with Gasteiger partial charge < -0.3 is 10.5 Å². The molecule has 39 heavy (non-hydrogen) atoms. The van der Waals surface area contributed by atoms with Crippen LogP contribution in [0.2, 0.25) is 0 Å². The summed E-state index contributed by atoms with van der Waals surface area (Å²) in [5.41, 5.74) is 3.34. The summed E-state index contributed by atoms with van der Waals surface area (Å²) < 4.78 is 0. The molecule has 3 aromatic carbocycles. The lowest BCUT2D eigenvalue weighted by molar-refractivity contribution is -0.134. The first-order chi connectivity index (χ1) is 18.7. The van der Waals surface area contributed by atoms with Gasteiger partial charge in [-0.25, -0.2) is 0 Å². The van der Waals surface area contributed by atoms with Gasteiger partial charge in [0.05, 0.1) is 5.71 Å². The molecule has 7 heteroatoms. The lowest BCUT2D eigenvalue weighted by Gasteiger charge is -2.08.